The fourth-order valence-corrected chi connectivity index (χ4v) is 6.15. The average molecular weight is 420 g/mol. The zero-order chi connectivity index (χ0) is 20.8. The van der Waals surface area contributed by atoms with E-state index < -0.39 is 43.9 Å². The highest BCUT2D eigenvalue weighted by Crippen LogP contribution is 2.42. The fraction of sp³-hybridized carbons (Fsp3) is 0.300. The Balaban J connectivity index is 1.62. The van der Waals surface area contributed by atoms with E-state index in [4.69, 9.17) is 0 Å². The quantitative estimate of drug-likeness (QED) is 0.748. The Morgan fingerprint density at radius 2 is 1.55 bits per heavy atom. The van der Waals surface area contributed by atoms with Gasteiger partial charge in [-0.2, -0.15) is 0 Å². The maximum Gasteiger partial charge on any atom is 0.254 e. The number of hydrogen-bond donors (Lipinski definition) is 0. The van der Waals surface area contributed by atoms with E-state index in [0.717, 1.165) is 12.1 Å². The highest BCUT2D eigenvalue weighted by atomic mass is 32.2. The summed E-state index contributed by atoms with van der Waals surface area (Å²) in [7, 11) is -3.76. The standard InChI is InChI=1S/C20H18F2N2O4S/c21-15-10-14(11-16(22)12-15)19(26)23-8-6-20(7-9-23)24(17-4-2-1-3-5-17)18(25)13-29(20,27)28/h1-5,10-12H,6-9,13H2. The Morgan fingerprint density at radius 3 is 2.14 bits per heavy atom. The molecular weight excluding hydrogens is 402 g/mol. The molecule has 4 rings (SSSR count). The number of sulfone groups is 1. The predicted octanol–water partition coefficient (Wildman–Crippen LogP) is 2.36. The van der Waals surface area contributed by atoms with Crippen molar-refractivity contribution in [3.05, 3.63) is 65.7 Å². The van der Waals surface area contributed by atoms with Crippen molar-refractivity contribution in [2.75, 3.05) is 23.7 Å². The number of rotatable bonds is 2. The Bertz CT molecular complexity index is 1060. The number of piperidine rings is 1. The van der Waals surface area contributed by atoms with Crippen LogP contribution in [0.15, 0.2) is 48.5 Å². The summed E-state index contributed by atoms with van der Waals surface area (Å²) in [4.78, 5) is 26.5. The maximum atomic E-state index is 13.4. The average Bonchev–Trinajstić information content (AvgIpc) is 2.86. The van der Waals surface area contributed by atoms with Crippen molar-refractivity contribution in [1.29, 1.82) is 0 Å². The Morgan fingerprint density at radius 1 is 0.966 bits per heavy atom. The molecule has 0 bridgehead atoms. The summed E-state index contributed by atoms with van der Waals surface area (Å²) < 4.78 is 52.7. The lowest BCUT2D eigenvalue weighted by molar-refractivity contribution is -0.116. The van der Waals surface area contributed by atoms with Crippen molar-refractivity contribution in [3.63, 3.8) is 0 Å². The summed E-state index contributed by atoms with van der Waals surface area (Å²) in [6.07, 6.45) is 0.0546. The van der Waals surface area contributed by atoms with Crippen molar-refractivity contribution in [2.24, 2.45) is 0 Å². The van der Waals surface area contributed by atoms with E-state index in [-0.39, 0.29) is 31.5 Å². The van der Waals surface area contributed by atoms with Gasteiger partial charge in [0.2, 0.25) is 5.91 Å². The predicted molar refractivity (Wildman–Crippen MR) is 102 cm³/mol. The molecule has 29 heavy (non-hydrogen) atoms. The summed E-state index contributed by atoms with van der Waals surface area (Å²) >= 11 is 0. The van der Waals surface area contributed by atoms with Gasteiger partial charge in [0, 0.05) is 43.2 Å². The first-order chi connectivity index (χ1) is 13.7. The van der Waals surface area contributed by atoms with Gasteiger partial charge in [0.1, 0.15) is 17.4 Å². The first-order valence-corrected chi connectivity index (χ1v) is 10.7. The molecule has 0 radical (unpaired) electrons. The van der Waals surface area contributed by atoms with Crippen LogP contribution in [0.2, 0.25) is 0 Å². The van der Waals surface area contributed by atoms with Crippen molar-refractivity contribution < 1.29 is 26.8 Å². The van der Waals surface area contributed by atoms with Gasteiger partial charge in [-0.25, -0.2) is 17.2 Å². The van der Waals surface area contributed by atoms with Crippen molar-refractivity contribution in [1.82, 2.24) is 4.90 Å². The minimum Gasteiger partial charge on any atom is -0.338 e. The Kier molecular flexibility index (Phi) is 4.65. The second kappa shape index (κ2) is 6.91. The van der Waals surface area contributed by atoms with Crippen LogP contribution in [0.1, 0.15) is 23.2 Å². The maximum absolute atomic E-state index is 13.4. The number of para-hydroxylation sites is 1. The van der Waals surface area contributed by atoms with Crippen LogP contribution in [0.5, 0.6) is 0 Å². The summed E-state index contributed by atoms with van der Waals surface area (Å²) in [5.41, 5.74) is 0.356. The molecule has 2 amide bonds. The van der Waals surface area contributed by atoms with Gasteiger partial charge in [-0.1, -0.05) is 18.2 Å². The SMILES string of the molecule is O=C(c1cc(F)cc(F)c1)N1CCC2(CC1)N(c1ccccc1)C(=O)CS2(=O)=O. The molecule has 2 aliphatic rings. The number of anilines is 1. The number of benzene rings is 2. The summed E-state index contributed by atoms with van der Waals surface area (Å²) in [6.45, 7) is 0.0968. The Labute approximate surface area is 166 Å². The van der Waals surface area contributed by atoms with Crippen molar-refractivity contribution in [2.45, 2.75) is 17.7 Å². The van der Waals surface area contributed by atoms with Gasteiger partial charge in [-0.05, 0) is 24.3 Å². The van der Waals surface area contributed by atoms with E-state index in [2.05, 4.69) is 0 Å². The normalized spacial score (nSPS) is 20.3. The summed E-state index contributed by atoms with van der Waals surface area (Å²) in [5, 5.41) is 0. The number of likely N-dealkylation sites (tertiary alicyclic amines) is 1. The molecule has 0 aliphatic carbocycles. The van der Waals surface area contributed by atoms with Crippen LogP contribution in [0, 0.1) is 11.6 Å². The lowest BCUT2D eigenvalue weighted by atomic mass is 10.00. The monoisotopic (exact) mass is 420 g/mol. The van der Waals surface area contributed by atoms with E-state index in [1.54, 1.807) is 30.3 Å². The fourth-order valence-electron chi connectivity index (χ4n) is 4.14. The van der Waals surface area contributed by atoms with E-state index in [9.17, 15) is 26.8 Å². The number of halogens is 2. The zero-order valence-electron chi connectivity index (χ0n) is 15.3. The first-order valence-electron chi connectivity index (χ1n) is 9.09. The van der Waals surface area contributed by atoms with E-state index in [1.807, 2.05) is 0 Å². The van der Waals surface area contributed by atoms with Crippen LogP contribution >= 0.6 is 0 Å². The molecule has 9 heteroatoms. The second-order valence-electron chi connectivity index (χ2n) is 7.22. The lowest BCUT2D eigenvalue weighted by Crippen LogP contribution is -2.57. The van der Waals surface area contributed by atoms with Crippen LogP contribution in [-0.2, 0) is 14.6 Å². The highest BCUT2D eigenvalue weighted by Gasteiger charge is 2.59. The zero-order valence-corrected chi connectivity index (χ0v) is 16.2. The molecule has 2 aromatic rings. The topological polar surface area (TPSA) is 74.8 Å². The molecule has 2 aromatic carbocycles. The summed E-state index contributed by atoms with van der Waals surface area (Å²) in [6, 6.07) is 11.1. The molecule has 6 nitrogen and oxygen atoms in total. The molecule has 2 fully saturated rings. The van der Waals surface area contributed by atoms with Crippen LogP contribution in [0.4, 0.5) is 14.5 Å². The van der Waals surface area contributed by atoms with E-state index >= 15 is 0 Å². The minimum atomic E-state index is -3.76. The molecular formula is C20H18F2N2O4S. The lowest BCUT2D eigenvalue weighted by Gasteiger charge is -2.43. The second-order valence-corrected chi connectivity index (χ2v) is 9.50. The van der Waals surface area contributed by atoms with Gasteiger partial charge in [-0.3, -0.25) is 14.5 Å². The number of carbonyl (C=O) groups is 2. The first kappa shape index (κ1) is 19.5. The van der Waals surface area contributed by atoms with Crippen molar-refractivity contribution in [3.8, 4) is 0 Å². The van der Waals surface area contributed by atoms with Crippen LogP contribution < -0.4 is 4.90 Å². The number of carbonyl (C=O) groups excluding carboxylic acids is 2. The van der Waals surface area contributed by atoms with Gasteiger partial charge in [0.25, 0.3) is 5.91 Å². The van der Waals surface area contributed by atoms with Gasteiger partial charge in [-0.15, -0.1) is 0 Å². The van der Waals surface area contributed by atoms with E-state index in [0.29, 0.717) is 11.8 Å². The molecule has 1 spiro atoms. The third kappa shape index (κ3) is 3.19. The molecule has 0 saturated carbocycles. The van der Waals surface area contributed by atoms with Gasteiger partial charge in [0.05, 0.1) is 0 Å². The van der Waals surface area contributed by atoms with Crippen LogP contribution in [0.3, 0.4) is 0 Å². The molecule has 0 aromatic heterocycles. The molecule has 0 atom stereocenters. The largest absolute Gasteiger partial charge is 0.338 e. The highest BCUT2D eigenvalue weighted by molar-refractivity contribution is 7.94. The van der Waals surface area contributed by atoms with Crippen LogP contribution in [-0.4, -0.2) is 48.8 Å². The van der Waals surface area contributed by atoms with Gasteiger partial charge >= 0.3 is 0 Å². The molecule has 2 saturated heterocycles. The van der Waals surface area contributed by atoms with Gasteiger partial charge < -0.3 is 4.90 Å². The number of hydrogen-bond acceptors (Lipinski definition) is 4. The number of amides is 2. The van der Waals surface area contributed by atoms with Crippen LogP contribution in [0.25, 0.3) is 0 Å². The van der Waals surface area contributed by atoms with Gasteiger partial charge in [0.15, 0.2) is 14.7 Å². The molecule has 2 aliphatic heterocycles. The third-order valence-corrected chi connectivity index (χ3v) is 7.88. The Hall–Kier alpha value is -2.81. The summed E-state index contributed by atoms with van der Waals surface area (Å²) in [5.74, 6) is -3.37. The molecule has 2 heterocycles. The van der Waals surface area contributed by atoms with E-state index in [1.165, 1.54) is 9.80 Å². The molecule has 0 N–H and O–H groups in total. The smallest absolute Gasteiger partial charge is 0.254 e. The molecule has 0 unspecified atom stereocenters. The third-order valence-electron chi connectivity index (χ3n) is 5.51. The molecule has 152 valence electrons. The number of nitrogens with zero attached hydrogens (tertiary/aromatic N) is 2. The minimum absolute atomic E-state index is 0.0273. The van der Waals surface area contributed by atoms with Crippen molar-refractivity contribution >= 4 is 27.3 Å².